The monoisotopic (exact) mass is 638 g/mol. The number of carbonyl (C=O) groups is 2. The van der Waals surface area contributed by atoms with E-state index in [-0.39, 0.29) is 45.6 Å². The van der Waals surface area contributed by atoms with Crippen LogP contribution >= 0.6 is 11.8 Å². The molecule has 1 fully saturated rings. The molecule has 232 valence electrons. The SMILES string of the molecule is Cc1ccc(C(C)C)c(N2C(=O)CSC2=NC(=O)Nc2ccc(C=Cc3ncn(-c4ccc(OC(F)(F)F)cc4)n3)c(F)c2)c1. The number of carbonyl (C=O) groups excluding carboxylic acids is 2. The van der Waals surface area contributed by atoms with E-state index in [1.165, 1.54) is 52.3 Å². The largest absolute Gasteiger partial charge is 0.573 e. The first kappa shape index (κ1) is 31.4. The molecule has 0 spiro atoms. The molecule has 14 heteroatoms. The van der Waals surface area contributed by atoms with Crippen LogP contribution in [-0.4, -0.2) is 44.0 Å². The van der Waals surface area contributed by atoms with Gasteiger partial charge < -0.3 is 10.1 Å². The third-order valence-corrected chi connectivity index (χ3v) is 7.44. The van der Waals surface area contributed by atoms with Crippen molar-refractivity contribution in [1.29, 1.82) is 0 Å². The lowest BCUT2D eigenvalue weighted by Gasteiger charge is -2.22. The number of benzene rings is 3. The number of nitrogens with one attached hydrogen (secondary N) is 1. The van der Waals surface area contributed by atoms with E-state index < -0.39 is 18.2 Å². The van der Waals surface area contributed by atoms with Crippen molar-refractivity contribution in [3.63, 3.8) is 0 Å². The molecule has 0 saturated carbocycles. The van der Waals surface area contributed by atoms with Crippen LogP contribution in [0.1, 0.15) is 42.3 Å². The summed E-state index contributed by atoms with van der Waals surface area (Å²) in [7, 11) is 0. The molecule has 1 N–H and O–H groups in total. The van der Waals surface area contributed by atoms with E-state index in [9.17, 15) is 27.2 Å². The normalized spacial score (nSPS) is 14.6. The van der Waals surface area contributed by atoms with E-state index >= 15 is 0 Å². The summed E-state index contributed by atoms with van der Waals surface area (Å²) < 4.78 is 57.2. The van der Waals surface area contributed by atoms with Crippen molar-refractivity contribution in [2.45, 2.75) is 33.1 Å². The van der Waals surface area contributed by atoms with Crippen molar-refractivity contribution in [2.24, 2.45) is 4.99 Å². The molecular formula is C31H26F4N6O3S. The van der Waals surface area contributed by atoms with Gasteiger partial charge in [-0.05, 0) is 84.7 Å². The van der Waals surface area contributed by atoms with Gasteiger partial charge in [-0.15, -0.1) is 18.3 Å². The Balaban J connectivity index is 1.25. The highest BCUT2D eigenvalue weighted by Crippen LogP contribution is 2.34. The first-order valence-corrected chi connectivity index (χ1v) is 14.6. The Morgan fingerprint density at radius 3 is 2.53 bits per heavy atom. The molecule has 45 heavy (non-hydrogen) atoms. The standard InChI is InChI=1S/C31H26F4N6O3S/c1-18(2)24-12-4-19(3)14-26(24)41-28(42)16-45-30(41)38-29(43)37-21-7-5-20(25(32)15-21)6-13-27-36-17-40(39-27)22-8-10-23(11-9-22)44-31(33,34)35/h4-15,17-18H,16H2,1-3H3,(H,37,43). The maximum atomic E-state index is 14.9. The van der Waals surface area contributed by atoms with E-state index in [1.807, 2.05) is 39.0 Å². The van der Waals surface area contributed by atoms with Gasteiger partial charge in [0.05, 0.1) is 17.1 Å². The van der Waals surface area contributed by atoms with Crippen molar-refractivity contribution < 1.29 is 31.9 Å². The number of thioether (sulfide) groups is 1. The van der Waals surface area contributed by atoms with Crippen LogP contribution in [0.5, 0.6) is 5.75 Å². The van der Waals surface area contributed by atoms with Gasteiger partial charge in [0.15, 0.2) is 11.0 Å². The Hall–Kier alpha value is -4.98. The van der Waals surface area contributed by atoms with Gasteiger partial charge in [0, 0.05) is 11.3 Å². The van der Waals surface area contributed by atoms with Gasteiger partial charge in [0.1, 0.15) is 17.9 Å². The van der Waals surface area contributed by atoms with Crippen LogP contribution in [-0.2, 0) is 4.79 Å². The van der Waals surface area contributed by atoms with Crippen LogP contribution in [0.3, 0.4) is 0 Å². The highest BCUT2D eigenvalue weighted by molar-refractivity contribution is 8.15. The molecule has 0 atom stereocenters. The number of nitrogens with zero attached hydrogens (tertiary/aromatic N) is 5. The zero-order valence-electron chi connectivity index (χ0n) is 24.2. The Morgan fingerprint density at radius 1 is 1.09 bits per heavy atom. The number of hydrogen-bond donors (Lipinski definition) is 1. The van der Waals surface area contributed by atoms with E-state index in [0.717, 1.165) is 41.1 Å². The number of urea groups is 1. The number of aliphatic imine (C=N–C) groups is 1. The average molecular weight is 639 g/mol. The van der Waals surface area contributed by atoms with Gasteiger partial charge in [0.2, 0.25) is 5.91 Å². The lowest BCUT2D eigenvalue weighted by atomic mass is 9.99. The zero-order chi connectivity index (χ0) is 32.3. The van der Waals surface area contributed by atoms with E-state index in [0.29, 0.717) is 11.4 Å². The van der Waals surface area contributed by atoms with Gasteiger partial charge in [-0.1, -0.05) is 37.7 Å². The molecule has 3 amide bonds. The Bertz CT molecular complexity index is 1800. The number of anilines is 2. The van der Waals surface area contributed by atoms with Crippen molar-refractivity contribution in [2.75, 3.05) is 16.0 Å². The fourth-order valence-electron chi connectivity index (χ4n) is 4.44. The number of hydrogen-bond acceptors (Lipinski definition) is 6. The number of amidine groups is 1. The number of amides is 3. The topological polar surface area (TPSA) is 102 Å². The summed E-state index contributed by atoms with van der Waals surface area (Å²) in [6.07, 6.45) is -0.540. The van der Waals surface area contributed by atoms with Gasteiger partial charge >= 0.3 is 12.4 Å². The van der Waals surface area contributed by atoms with Gasteiger partial charge in [-0.2, -0.15) is 4.99 Å². The summed E-state index contributed by atoms with van der Waals surface area (Å²) in [5.41, 5.74) is 3.39. The fourth-order valence-corrected chi connectivity index (χ4v) is 5.30. The summed E-state index contributed by atoms with van der Waals surface area (Å²) in [6.45, 7) is 5.96. The molecule has 1 aromatic heterocycles. The first-order chi connectivity index (χ1) is 21.4. The minimum Gasteiger partial charge on any atom is -0.406 e. The first-order valence-electron chi connectivity index (χ1n) is 13.6. The molecular weight excluding hydrogens is 612 g/mol. The minimum absolute atomic E-state index is 0.138. The maximum Gasteiger partial charge on any atom is 0.573 e. The molecule has 5 rings (SSSR count). The van der Waals surface area contributed by atoms with Gasteiger partial charge in [-0.25, -0.2) is 18.9 Å². The van der Waals surface area contributed by atoms with Crippen molar-refractivity contribution >= 4 is 52.4 Å². The average Bonchev–Trinajstić information content (AvgIpc) is 3.58. The molecule has 0 aliphatic carbocycles. The number of halogens is 4. The molecule has 9 nitrogen and oxygen atoms in total. The number of alkyl halides is 3. The minimum atomic E-state index is -4.79. The third-order valence-electron chi connectivity index (χ3n) is 6.52. The number of aromatic nitrogens is 3. The molecule has 1 saturated heterocycles. The number of ether oxygens (including phenoxy) is 1. The third kappa shape index (κ3) is 7.76. The quantitative estimate of drug-likeness (QED) is 0.210. The van der Waals surface area contributed by atoms with E-state index in [2.05, 4.69) is 25.1 Å². The molecule has 3 aromatic carbocycles. The molecule has 4 aromatic rings. The van der Waals surface area contributed by atoms with Gasteiger partial charge in [0.25, 0.3) is 0 Å². The van der Waals surface area contributed by atoms with Crippen LogP contribution in [0.25, 0.3) is 17.8 Å². The summed E-state index contributed by atoms with van der Waals surface area (Å²) in [4.78, 5) is 35.2. The zero-order valence-corrected chi connectivity index (χ0v) is 25.0. The van der Waals surface area contributed by atoms with Gasteiger partial charge in [-0.3, -0.25) is 9.69 Å². The van der Waals surface area contributed by atoms with E-state index in [4.69, 9.17) is 0 Å². The van der Waals surface area contributed by atoms with Crippen LogP contribution in [0, 0.1) is 12.7 Å². The molecule has 1 aliphatic rings. The second kappa shape index (κ2) is 12.9. The molecule has 1 aliphatic heterocycles. The molecule has 0 unspecified atom stereocenters. The summed E-state index contributed by atoms with van der Waals surface area (Å²) in [5.74, 6) is -0.687. The van der Waals surface area contributed by atoms with Crippen LogP contribution in [0.4, 0.5) is 33.7 Å². The predicted octanol–water partition coefficient (Wildman–Crippen LogP) is 7.58. The molecule has 2 heterocycles. The van der Waals surface area contributed by atoms with Crippen molar-refractivity contribution in [3.05, 3.63) is 95.3 Å². The Morgan fingerprint density at radius 2 is 1.84 bits per heavy atom. The van der Waals surface area contributed by atoms with Crippen LogP contribution < -0.4 is 15.0 Å². The van der Waals surface area contributed by atoms with Crippen LogP contribution in [0.15, 0.2) is 72.0 Å². The smallest absolute Gasteiger partial charge is 0.406 e. The van der Waals surface area contributed by atoms with Crippen molar-refractivity contribution in [1.82, 2.24) is 14.8 Å². The number of rotatable bonds is 7. The van der Waals surface area contributed by atoms with Crippen molar-refractivity contribution in [3.8, 4) is 11.4 Å². The van der Waals surface area contributed by atoms with Crippen LogP contribution in [0.2, 0.25) is 0 Å². The predicted molar refractivity (Wildman–Crippen MR) is 165 cm³/mol. The van der Waals surface area contributed by atoms with E-state index in [1.54, 1.807) is 0 Å². The number of aryl methyl sites for hydroxylation is 1. The summed E-state index contributed by atoms with van der Waals surface area (Å²) in [5, 5.41) is 7.00. The fraction of sp³-hybridized carbons (Fsp3) is 0.194. The second-order valence-corrected chi connectivity index (χ2v) is 11.2. The second-order valence-electron chi connectivity index (χ2n) is 10.2. The summed E-state index contributed by atoms with van der Waals surface area (Å²) in [6, 6.07) is 14.2. The summed E-state index contributed by atoms with van der Waals surface area (Å²) >= 11 is 1.15. The lowest BCUT2D eigenvalue weighted by Crippen LogP contribution is -2.31. The Kier molecular flexibility index (Phi) is 9.04. The highest BCUT2D eigenvalue weighted by atomic mass is 32.2. The lowest BCUT2D eigenvalue weighted by molar-refractivity contribution is -0.274. The Labute approximate surface area is 259 Å². The molecule has 0 bridgehead atoms. The molecule has 0 radical (unpaired) electrons. The highest BCUT2D eigenvalue weighted by Gasteiger charge is 2.33. The maximum absolute atomic E-state index is 14.9.